The van der Waals surface area contributed by atoms with E-state index in [0.29, 0.717) is 23.7 Å². The van der Waals surface area contributed by atoms with Crippen LogP contribution in [-0.2, 0) is 20.1 Å². The number of aromatic nitrogens is 4. The van der Waals surface area contributed by atoms with Gasteiger partial charge in [0.1, 0.15) is 0 Å². The third-order valence-corrected chi connectivity index (χ3v) is 7.16. The van der Waals surface area contributed by atoms with Crippen molar-refractivity contribution in [2.75, 3.05) is 23.7 Å². The maximum atomic E-state index is 13.7. The molecule has 0 bridgehead atoms. The Morgan fingerprint density at radius 1 is 1.20 bits per heavy atom. The van der Waals surface area contributed by atoms with Gasteiger partial charge >= 0.3 is 5.69 Å². The SMILES string of the molecule is Cn1c(=O)n(CC(=O)c2ccsc2)c(=O)c2c1nc(N1CCC[C@@H](N)C1)n2Cc1ccccc1N. The van der Waals surface area contributed by atoms with Gasteiger partial charge in [0.25, 0.3) is 5.56 Å². The lowest BCUT2D eigenvalue weighted by atomic mass is 10.1. The molecule has 1 saturated heterocycles. The van der Waals surface area contributed by atoms with Crippen molar-refractivity contribution in [3.8, 4) is 0 Å². The summed E-state index contributed by atoms with van der Waals surface area (Å²) in [7, 11) is 1.57. The highest BCUT2D eigenvalue weighted by molar-refractivity contribution is 7.08. The van der Waals surface area contributed by atoms with E-state index in [1.165, 1.54) is 15.9 Å². The van der Waals surface area contributed by atoms with Crippen molar-refractivity contribution in [3.63, 3.8) is 0 Å². The molecule has 35 heavy (non-hydrogen) atoms. The van der Waals surface area contributed by atoms with Gasteiger partial charge in [0, 0.05) is 42.8 Å². The van der Waals surface area contributed by atoms with Crippen molar-refractivity contribution in [2.45, 2.75) is 32.0 Å². The number of nitrogens with two attached hydrogens (primary N) is 2. The van der Waals surface area contributed by atoms with E-state index in [-0.39, 0.29) is 36.1 Å². The monoisotopic (exact) mass is 493 g/mol. The molecule has 1 aliphatic heterocycles. The molecule has 0 saturated carbocycles. The number of rotatable bonds is 6. The van der Waals surface area contributed by atoms with Crippen molar-refractivity contribution in [3.05, 3.63) is 73.1 Å². The number of fused-ring (bicyclic) bond motifs is 1. The average Bonchev–Trinajstić information content (AvgIpc) is 3.51. The van der Waals surface area contributed by atoms with Gasteiger partial charge in [0.15, 0.2) is 16.9 Å². The number of hydrogen-bond donors (Lipinski definition) is 2. The predicted molar refractivity (Wildman–Crippen MR) is 137 cm³/mol. The third-order valence-electron chi connectivity index (χ3n) is 6.48. The van der Waals surface area contributed by atoms with E-state index in [1.807, 2.05) is 18.2 Å². The molecule has 1 aliphatic rings. The fourth-order valence-corrected chi connectivity index (χ4v) is 5.25. The van der Waals surface area contributed by atoms with Crippen LogP contribution in [0.1, 0.15) is 28.8 Å². The highest BCUT2D eigenvalue weighted by atomic mass is 32.1. The molecule has 0 spiro atoms. The van der Waals surface area contributed by atoms with Crippen LogP contribution in [-0.4, -0.2) is 43.6 Å². The lowest BCUT2D eigenvalue weighted by Crippen LogP contribution is -2.44. The first kappa shape index (κ1) is 23.1. The van der Waals surface area contributed by atoms with E-state index in [2.05, 4.69) is 4.90 Å². The number of Topliss-reactive ketones (excluding diaryl/α,β-unsaturated/α-hetero) is 1. The normalized spacial score (nSPS) is 16.2. The number of carbonyl (C=O) groups is 1. The summed E-state index contributed by atoms with van der Waals surface area (Å²) in [5.74, 6) is 0.262. The number of imidazole rings is 1. The van der Waals surface area contributed by atoms with Crippen LogP contribution in [0.5, 0.6) is 0 Å². The van der Waals surface area contributed by atoms with Gasteiger partial charge in [-0.2, -0.15) is 16.3 Å². The molecule has 1 atom stereocenters. The van der Waals surface area contributed by atoms with Crippen molar-refractivity contribution >= 4 is 39.9 Å². The molecule has 0 aliphatic carbocycles. The molecule has 1 aromatic carbocycles. The summed E-state index contributed by atoms with van der Waals surface area (Å²) in [6, 6.07) is 9.10. The molecule has 0 amide bonds. The Balaban J connectivity index is 1.71. The summed E-state index contributed by atoms with van der Waals surface area (Å²) in [6.07, 6.45) is 1.81. The summed E-state index contributed by atoms with van der Waals surface area (Å²) in [5, 5.41) is 3.49. The number of nitrogens with zero attached hydrogens (tertiary/aromatic N) is 5. The fraction of sp³-hybridized carbons (Fsp3) is 0.333. The molecule has 4 N–H and O–H groups in total. The van der Waals surface area contributed by atoms with Gasteiger partial charge in [-0.25, -0.2) is 4.79 Å². The highest BCUT2D eigenvalue weighted by Gasteiger charge is 2.27. The summed E-state index contributed by atoms with van der Waals surface area (Å²) in [5.41, 5.74) is 13.7. The van der Waals surface area contributed by atoms with Gasteiger partial charge in [0.05, 0.1) is 13.1 Å². The molecule has 11 heteroatoms. The smallest absolute Gasteiger partial charge is 0.332 e. The zero-order valence-electron chi connectivity index (χ0n) is 19.4. The number of ketones is 1. The van der Waals surface area contributed by atoms with Gasteiger partial charge in [-0.1, -0.05) is 18.2 Å². The molecule has 3 aromatic heterocycles. The number of anilines is 2. The molecular weight excluding hydrogens is 466 g/mol. The second kappa shape index (κ2) is 9.16. The number of hydrogen-bond acceptors (Lipinski definition) is 8. The van der Waals surface area contributed by atoms with E-state index in [1.54, 1.807) is 34.5 Å². The number of benzene rings is 1. The Labute approximate surface area is 205 Å². The minimum atomic E-state index is -0.586. The van der Waals surface area contributed by atoms with Gasteiger partial charge in [-0.15, -0.1) is 0 Å². The molecular formula is C24H27N7O3S. The van der Waals surface area contributed by atoms with Gasteiger partial charge < -0.3 is 16.4 Å². The Morgan fingerprint density at radius 3 is 2.71 bits per heavy atom. The van der Waals surface area contributed by atoms with E-state index >= 15 is 0 Å². The van der Waals surface area contributed by atoms with Crippen LogP contribution in [0.4, 0.5) is 11.6 Å². The second-order valence-corrected chi connectivity index (χ2v) is 9.67. The molecule has 0 radical (unpaired) electrons. The van der Waals surface area contributed by atoms with Crippen molar-refractivity contribution in [2.24, 2.45) is 12.8 Å². The van der Waals surface area contributed by atoms with E-state index in [0.717, 1.165) is 29.5 Å². The molecule has 0 unspecified atom stereocenters. The Morgan fingerprint density at radius 2 is 2.00 bits per heavy atom. The molecule has 5 rings (SSSR count). The highest BCUT2D eigenvalue weighted by Crippen LogP contribution is 2.25. The zero-order valence-corrected chi connectivity index (χ0v) is 20.2. The molecule has 4 heterocycles. The lowest BCUT2D eigenvalue weighted by Gasteiger charge is -2.32. The first-order valence-electron chi connectivity index (χ1n) is 11.4. The predicted octanol–water partition coefficient (Wildman–Crippen LogP) is 1.40. The van der Waals surface area contributed by atoms with Gasteiger partial charge in [-0.3, -0.25) is 23.3 Å². The van der Waals surface area contributed by atoms with Crippen LogP contribution in [0.3, 0.4) is 0 Å². The third kappa shape index (κ3) is 4.17. The van der Waals surface area contributed by atoms with Crippen LogP contribution >= 0.6 is 11.3 Å². The topological polar surface area (TPSA) is 134 Å². The van der Waals surface area contributed by atoms with Crippen molar-refractivity contribution < 1.29 is 4.79 Å². The minimum Gasteiger partial charge on any atom is -0.398 e. The van der Waals surface area contributed by atoms with Gasteiger partial charge in [0.2, 0.25) is 5.95 Å². The number of para-hydroxylation sites is 1. The second-order valence-electron chi connectivity index (χ2n) is 8.89. The fourth-order valence-electron chi connectivity index (χ4n) is 4.59. The molecule has 182 valence electrons. The first-order chi connectivity index (χ1) is 16.8. The van der Waals surface area contributed by atoms with Crippen LogP contribution in [0.15, 0.2) is 50.7 Å². The lowest BCUT2D eigenvalue weighted by molar-refractivity contribution is 0.0969. The molecule has 4 aromatic rings. The van der Waals surface area contributed by atoms with E-state index in [9.17, 15) is 14.4 Å². The Hall–Kier alpha value is -3.70. The van der Waals surface area contributed by atoms with Crippen LogP contribution in [0.25, 0.3) is 11.2 Å². The minimum absolute atomic E-state index is 0.0116. The van der Waals surface area contributed by atoms with Crippen molar-refractivity contribution in [1.82, 2.24) is 18.7 Å². The maximum Gasteiger partial charge on any atom is 0.332 e. The standard InChI is InChI=1S/C24H27N7O3S/c1-28-21-20(22(33)31(24(28)34)13-19(32)16-8-10-35-14-16)30(11-15-5-2-3-7-18(15)26)23(27-21)29-9-4-6-17(25)12-29/h2-3,5,7-8,10,14,17H,4,6,9,11-13,25-26H2,1H3/t17-/m1/s1. The number of aryl methyl sites for hydroxylation is 1. The van der Waals surface area contributed by atoms with Crippen LogP contribution < -0.4 is 27.6 Å². The quantitative estimate of drug-likeness (QED) is 0.306. The van der Waals surface area contributed by atoms with Gasteiger partial charge in [-0.05, 0) is 35.9 Å². The molecule has 1 fully saturated rings. The van der Waals surface area contributed by atoms with E-state index in [4.69, 9.17) is 16.5 Å². The average molecular weight is 494 g/mol. The number of carbonyl (C=O) groups excluding carboxylic acids is 1. The Bertz CT molecular complexity index is 1520. The number of piperidine rings is 1. The van der Waals surface area contributed by atoms with Crippen LogP contribution in [0, 0.1) is 0 Å². The number of thiophene rings is 1. The summed E-state index contributed by atoms with van der Waals surface area (Å²) < 4.78 is 4.11. The maximum absolute atomic E-state index is 13.7. The summed E-state index contributed by atoms with van der Waals surface area (Å²) >= 11 is 1.38. The first-order valence-corrected chi connectivity index (χ1v) is 12.4. The summed E-state index contributed by atoms with van der Waals surface area (Å²) in [4.78, 5) is 46.4. The van der Waals surface area contributed by atoms with Crippen LogP contribution in [0.2, 0.25) is 0 Å². The van der Waals surface area contributed by atoms with E-state index < -0.39 is 11.2 Å². The van der Waals surface area contributed by atoms with Crippen molar-refractivity contribution in [1.29, 1.82) is 0 Å². The summed E-state index contributed by atoms with van der Waals surface area (Å²) in [6.45, 7) is 1.27. The molecule has 10 nitrogen and oxygen atoms in total. The Kier molecular flexibility index (Phi) is 6.03. The largest absolute Gasteiger partial charge is 0.398 e. The number of nitrogen functional groups attached to an aromatic ring is 1. The zero-order chi connectivity index (χ0) is 24.7.